The number of hydrogen-bond acceptors (Lipinski definition) is 3. The third-order valence-corrected chi connectivity index (χ3v) is 2.51. The summed E-state index contributed by atoms with van der Waals surface area (Å²) < 4.78 is 5.51. The molecular weight excluding hydrogens is 254 g/mol. The van der Waals surface area contributed by atoms with Crippen molar-refractivity contribution in [3.8, 4) is 17.2 Å². The predicted octanol–water partition coefficient (Wildman–Crippen LogP) is 2.94. The molecule has 1 amide bonds. The van der Waals surface area contributed by atoms with Crippen LogP contribution in [0.1, 0.15) is 10.4 Å². The molecule has 0 saturated heterocycles. The number of hydrogen-bond donors (Lipinski definition) is 2. The third-order valence-electron chi connectivity index (χ3n) is 2.27. The van der Waals surface area contributed by atoms with Gasteiger partial charge in [-0.2, -0.15) is 0 Å². The van der Waals surface area contributed by atoms with Crippen molar-refractivity contribution in [2.24, 2.45) is 5.73 Å². The molecule has 18 heavy (non-hydrogen) atoms. The van der Waals surface area contributed by atoms with Crippen LogP contribution in [0.4, 0.5) is 0 Å². The number of aromatic hydroxyl groups is 1. The number of halogens is 1. The first-order chi connectivity index (χ1) is 8.56. The van der Waals surface area contributed by atoms with Gasteiger partial charge in [0.2, 0.25) is 0 Å². The minimum absolute atomic E-state index is 0.128. The number of carbonyl (C=O) groups is 1. The summed E-state index contributed by atoms with van der Waals surface area (Å²) in [5, 5.41) is 9.60. The molecule has 0 bridgehead atoms. The van der Waals surface area contributed by atoms with Gasteiger partial charge in [0, 0.05) is 11.1 Å². The number of carbonyl (C=O) groups excluding carboxylic acids is 1. The summed E-state index contributed by atoms with van der Waals surface area (Å²) in [5.74, 6) is 0.280. The van der Waals surface area contributed by atoms with Crippen LogP contribution in [0.2, 0.25) is 5.02 Å². The topological polar surface area (TPSA) is 72.6 Å². The summed E-state index contributed by atoms with van der Waals surface area (Å²) in [4.78, 5) is 11.2. The van der Waals surface area contributed by atoms with E-state index in [2.05, 4.69) is 0 Å². The lowest BCUT2D eigenvalue weighted by molar-refractivity contribution is 0.0998. The molecule has 0 aliphatic carbocycles. The second kappa shape index (κ2) is 4.98. The van der Waals surface area contributed by atoms with E-state index in [4.69, 9.17) is 27.2 Å². The first kappa shape index (κ1) is 12.3. The molecule has 2 aromatic carbocycles. The molecule has 0 unspecified atom stereocenters. The Kier molecular flexibility index (Phi) is 3.39. The van der Waals surface area contributed by atoms with Crippen molar-refractivity contribution in [3.05, 3.63) is 53.1 Å². The molecule has 0 saturated carbocycles. The van der Waals surface area contributed by atoms with Crippen LogP contribution in [0.5, 0.6) is 17.2 Å². The molecular formula is C13H10ClNO3. The highest BCUT2D eigenvalue weighted by Crippen LogP contribution is 2.29. The van der Waals surface area contributed by atoms with Crippen LogP contribution in [-0.2, 0) is 0 Å². The number of phenols is 1. The van der Waals surface area contributed by atoms with Crippen molar-refractivity contribution < 1.29 is 14.6 Å². The molecule has 4 nitrogen and oxygen atoms in total. The summed E-state index contributed by atoms with van der Waals surface area (Å²) in [6.45, 7) is 0. The van der Waals surface area contributed by atoms with Gasteiger partial charge in [0.15, 0.2) is 0 Å². The van der Waals surface area contributed by atoms with E-state index in [0.717, 1.165) is 0 Å². The van der Waals surface area contributed by atoms with E-state index in [-0.39, 0.29) is 17.1 Å². The van der Waals surface area contributed by atoms with E-state index in [9.17, 15) is 4.79 Å². The molecule has 2 rings (SSSR count). The quantitative estimate of drug-likeness (QED) is 0.894. The Bertz CT molecular complexity index is 581. The number of amides is 1. The second-order valence-corrected chi connectivity index (χ2v) is 4.04. The van der Waals surface area contributed by atoms with Gasteiger partial charge in [-0.25, -0.2) is 0 Å². The molecule has 5 heteroatoms. The lowest BCUT2D eigenvalue weighted by Crippen LogP contribution is -2.12. The predicted molar refractivity (Wildman–Crippen MR) is 68.2 cm³/mol. The fourth-order valence-electron chi connectivity index (χ4n) is 1.43. The van der Waals surface area contributed by atoms with Crippen LogP contribution in [0.15, 0.2) is 42.5 Å². The smallest absolute Gasteiger partial charge is 0.252 e. The van der Waals surface area contributed by atoms with Gasteiger partial charge in [0.1, 0.15) is 17.2 Å². The maximum atomic E-state index is 11.2. The molecule has 0 spiro atoms. The highest BCUT2D eigenvalue weighted by molar-refractivity contribution is 6.30. The van der Waals surface area contributed by atoms with E-state index >= 15 is 0 Å². The van der Waals surface area contributed by atoms with Gasteiger partial charge in [-0.3, -0.25) is 4.79 Å². The molecule has 3 N–H and O–H groups in total. The van der Waals surface area contributed by atoms with Crippen LogP contribution in [-0.4, -0.2) is 11.0 Å². The number of nitrogens with two attached hydrogens (primary N) is 1. The first-order valence-electron chi connectivity index (χ1n) is 5.12. The highest BCUT2D eigenvalue weighted by Gasteiger charge is 2.10. The van der Waals surface area contributed by atoms with Gasteiger partial charge in [-0.15, -0.1) is 0 Å². The number of benzene rings is 2. The molecule has 0 aromatic heterocycles. The molecule has 0 radical (unpaired) electrons. The largest absolute Gasteiger partial charge is 0.508 e. The summed E-state index contributed by atoms with van der Waals surface area (Å²) in [7, 11) is 0. The average Bonchev–Trinajstić information content (AvgIpc) is 2.32. The fraction of sp³-hybridized carbons (Fsp3) is 0. The zero-order valence-corrected chi connectivity index (χ0v) is 10.0. The van der Waals surface area contributed by atoms with E-state index in [1.54, 1.807) is 18.2 Å². The van der Waals surface area contributed by atoms with Crippen molar-refractivity contribution in [1.29, 1.82) is 0 Å². The van der Waals surface area contributed by atoms with E-state index < -0.39 is 5.91 Å². The number of ether oxygens (including phenoxy) is 1. The van der Waals surface area contributed by atoms with Gasteiger partial charge >= 0.3 is 0 Å². The van der Waals surface area contributed by atoms with Gasteiger partial charge in [-0.05, 0) is 36.4 Å². The Morgan fingerprint density at radius 1 is 1.17 bits per heavy atom. The molecule has 0 fully saturated rings. The lowest BCUT2D eigenvalue weighted by atomic mass is 10.2. The lowest BCUT2D eigenvalue weighted by Gasteiger charge is -2.09. The number of phenolic OH excluding ortho intramolecular Hbond substituents is 1. The van der Waals surface area contributed by atoms with Crippen LogP contribution < -0.4 is 10.5 Å². The highest BCUT2D eigenvalue weighted by atomic mass is 35.5. The molecule has 0 aliphatic heterocycles. The van der Waals surface area contributed by atoms with Crippen LogP contribution in [0.3, 0.4) is 0 Å². The van der Waals surface area contributed by atoms with Gasteiger partial charge in [0.05, 0.1) is 5.56 Å². The standard InChI is InChI=1S/C13H10ClNO3/c14-8-1-6-11(13(15)17)12(7-8)18-10-4-2-9(16)3-5-10/h1-7,16H,(H2,15,17). The van der Waals surface area contributed by atoms with Gasteiger partial charge in [-0.1, -0.05) is 11.6 Å². The Balaban J connectivity index is 2.35. The summed E-state index contributed by atoms with van der Waals surface area (Å²) in [6, 6.07) is 10.7. The normalized spacial score (nSPS) is 10.1. The third kappa shape index (κ3) is 2.73. The Morgan fingerprint density at radius 3 is 2.44 bits per heavy atom. The zero-order valence-electron chi connectivity index (χ0n) is 9.26. The minimum Gasteiger partial charge on any atom is -0.508 e. The summed E-state index contributed by atoms with van der Waals surface area (Å²) in [5.41, 5.74) is 5.48. The number of primary amides is 1. The Labute approximate surface area is 109 Å². The monoisotopic (exact) mass is 263 g/mol. The van der Waals surface area contributed by atoms with Crippen molar-refractivity contribution in [3.63, 3.8) is 0 Å². The minimum atomic E-state index is -0.597. The van der Waals surface area contributed by atoms with Crippen molar-refractivity contribution in [2.75, 3.05) is 0 Å². The van der Waals surface area contributed by atoms with Crippen LogP contribution >= 0.6 is 11.6 Å². The van der Waals surface area contributed by atoms with Crippen LogP contribution in [0.25, 0.3) is 0 Å². The molecule has 92 valence electrons. The van der Waals surface area contributed by atoms with E-state index in [0.29, 0.717) is 10.8 Å². The van der Waals surface area contributed by atoms with E-state index in [1.165, 1.54) is 24.3 Å². The average molecular weight is 264 g/mol. The van der Waals surface area contributed by atoms with Crippen LogP contribution in [0, 0.1) is 0 Å². The summed E-state index contributed by atoms with van der Waals surface area (Å²) >= 11 is 5.84. The maximum absolute atomic E-state index is 11.2. The molecule has 0 heterocycles. The molecule has 2 aromatic rings. The first-order valence-corrected chi connectivity index (χ1v) is 5.50. The molecule has 0 aliphatic rings. The second-order valence-electron chi connectivity index (χ2n) is 3.60. The van der Waals surface area contributed by atoms with E-state index in [1.807, 2.05) is 0 Å². The SMILES string of the molecule is NC(=O)c1ccc(Cl)cc1Oc1ccc(O)cc1. The Morgan fingerprint density at radius 2 is 1.83 bits per heavy atom. The van der Waals surface area contributed by atoms with Crippen molar-refractivity contribution >= 4 is 17.5 Å². The maximum Gasteiger partial charge on any atom is 0.252 e. The fourth-order valence-corrected chi connectivity index (χ4v) is 1.59. The van der Waals surface area contributed by atoms with Gasteiger partial charge in [0.25, 0.3) is 5.91 Å². The Hall–Kier alpha value is -2.20. The summed E-state index contributed by atoms with van der Waals surface area (Å²) in [6.07, 6.45) is 0. The number of rotatable bonds is 3. The molecule has 0 atom stereocenters. The van der Waals surface area contributed by atoms with Crippen molar-refractivity contribution in [2.45, 2.75) is 0 Å². The van der Waals surface area contributed by atoms with Crippen molar-refractivity contribution in [1.82, 2.24) is 0 Å². The zero-order chi connectivity index (χ0) is 13.1. The van der Waals surface area contributed by atoms with Gasteiger partial charge < -0.3 is 15.6 Å².